The average Bonchev–Trinajstić information content (AvgIpc) is 2.32. The van der Waals surface area contributed by atoms with Gasteiger partial charge in [0.1, 0.15) is 0 Å². The van der Waals surface area contributed by atoms with Crippen molar-refractivity contribution in [3.05, 3.63) is 52.7 Å². The molecule has 0 spiro atoms. The second-order valence-electron chi connectivity index (χ2n) is 4.33. The highest BCUT2D eigenvalue weighted by atomic mass is 14.7. The highest BCUT2D eigenvalue weighted by Gasteiger charge is 2.09. The van der Waals surface area contributed by atoms with Gasteiger partial charge in [0.15, 0.2) is 0 Å². The normalized spacial score (nSPS) is 10.5. The monoisotopic (exact) mass is 211 g/mol. The minimum Gasteiger partial charge on any atom is -0.256 e. The fourth-order valence-corrected chi connectivity index (χ4v) is 2.00. The van der Waals surface area contributed by atoms with Gasteiger partial charge in [0.05, 0.1) is 5.69 Å². The molecule has 0 radical (unpaired) electrons. The van der Waals surface area contributed by atoms with Gasteiger partial charge < -0.3 is 0 Å². The zero-order valence-electron chi connectivity index (χ0n) is 10.3. The number of hydrogen-bond acceptors (Lipinski definition) is 1. The minimum absolute atomic E-state index is 1.06. The van der Waals surface area contributed by atoms with E-state index in [0.717, 1.165) is 5.69 Å². The second kappa shape index (κ2) is 4.09. The largest absolute Gasteiger partial charge is 0.256 e. The van der Waals surface area contributed by atoms with E-state index >= 15 is 0 Å². The maximum Gasteiger partial charge on any atom is 0.0704 e. The summed E-state index contributed by atoms with van der Waals surface area (Å²) >= 11 is 0. The van der Waals surface area contributed by atoms with Crippen LogP contribution in [0.3, 0.4) is 0 Å². The summed E-state index contributed by atoms with van der Waals surface area (Å²) in [5.41, 5.74) is 7.75. The molecule has 1 heteroatoms. The maximum absolute atomic E-state index is 4.42. The summed E-state index contributed by atoms with van der Waals surface area (Å²) in [5, 5.41) is 0. The molecular weight excluding hydrogens is 194 g/mol. The Labute approximate surface area is 97.2 Å². The van der Waals surface area contributed by atoms with E-state index in [9.17, 15) is 0 Å². The first kappa shape index (κ1) is 10.9. The van der Waals surface area contributed by atoms with Crippen LogP contribution in [-0.2, 0) is 0 Å². The Bertz CT molecular complexity index is 513. The van der Waals surface area contributed by atoms with Crippen LogP contribution in [0.1, 0.15) is 22.3 Å². The molecule has 0 unspecified atom stereocenters. The molecule has 0 fully saturated rings. The van der Waals surface area contributed by atoms with Crippen LogP contribution in [0, 0.1) is 27.7 Å². The van der Waals surface area contributed by atoms with Crippen LogP contribution in [0.25, 0.3) is 11.3 Å². The van der Waals surface area contributed by atoms with Crippen LogP contribution in [0.2, 0.25) is 0 Å². The lowest BCUT2D eigenvalue weighted by molar-refractivity contribution is 1.20. The first-order chi connectivity index (χ1) is 7.61. The molecule has 0 aliphatic rings. The van der Waals surface area contributed by atoms with E-state index in [1.165, 1.54) is 27.8 Å². The fraction of sp³-hybridized carbons (Fsp3) is 0.267. The highest BCUT2D eigenvalue weighted by molar-refractivity contribution is 5.67. The Morgan fingerprint density at radius 2 is 1.62 bits per heavy atom. The molecule has 1 nitrogen and oxygen atoms in total. The topological polar surface area (TPSA) is 12.9 Å². The molecule has 0 bridgehead atoms. The number of hydrogen-bond donors (Lipinski definition) is 0. The maximum atomic E-state index is 4.42. The Morgan fingerprint density at radius 3 is 2.25 bits per heavy atom. The van der Waals surface area contributed by atoms with Crippen LogP contribution in [-0.4, -0.2) is 4.98 Å². The zero-order chi connectivity index (χ0) is 11.7. The van der Waals surface area contributed by atoms with E-state index in [4.69, 9.17) is 0 Å². The molecule has 16 heavy (non-hydrogen) atoms. The standard InChI is InChI=1S/C15H17N/c1-10-9-14(13(4)12(3)11(10)2)15-7-5-6-8-16-15/h5-9H,1-4H3. The van der Waals surface area contributed by atoms with Crippen molar-refractivity contribution < 1.29 is 0 Å². The SMILES string of the molecule is Cc1cc(-c2ccccn2)c(C)c(C)c1C. The van der Waals surface area contributed by atoms with Crippen molar-refractivity contribution >= 4 is 0 Å². The average molecular weight is 211 g/mol. The Balaban J connectivity index is 2.68. The van der Waals surface area contributed by atoms with E-state index in [-0.39, 0.29) is 0 Å². The fourth-order valence-electron chi connectivity index (χ4n) is 2.00. The van der Waals surface area contributed by atoms with Crippen molar-refractivity contribution in [1.82, 2.24) is 4.98 Å². The van der Waals surface area contributed by atoms with E-state index in [1.807, 2.05) is 18.3 Å². The van der Waals surface area contributed by atoms with Crippen LogP contribution in [0.4, 0.5) is 0 Å². The summed E-state index contributed by atoms with van der Waals surface area (Å²) in [5.74, 6) is 0. The summed E-state index contributed by atoms with van der Waals surface area (Å²) in [4.78, 5) is 4.42. The first-order valence-electron chi connectivity index (χ1n) is 5.60. The molecule has 1 aromatic carbocycles. The molecule has 0 amide bonds. The van der Waals surface area contributed by atoms with Gasteiger partial charge in [0, 0.05) is 11.8 Å². The summed E-state index contributed by atoms with van der Waals surface area (Å²) in [6.45, 7) is 8.70. The molecule has 0 atom stereocenters. The Kier molecular flexibility index (Phi) is 2.78. The molecule has 0 aliphatic carbocycles. The van der Waals surface area contributed by atoms with Gasteiger partial charge in [-0.2, -0.15) is 0 Å². The van der Waals surface area contributed by atoms with Crippen LogP contribution in [0.5, 0.6) is 0 Å². The quantitative estimate of drug-likeness (QED) is 0.695. The molecule has 0 saturated carbocycles. The van der Waals surface area contributed by atoms with Crippen LogP contribution in [0.15, 0.2) is 30.5 Å². The van der Waals surface area contributed by atoms with Gasteiger partial charge in [-0.15, -0.1) is 0 Å². The lowest BCUT2D eigenvalue weighted by atomic mass is 9.93. The molecular formula is C15H17N. The van der Waals surface area contributed by atoms with Crippen molar-refractivity contribution in [2.45, 2.75) is 27.7 Å². The molecule has 2 aromatic rings. The Hall–Kier alpha value is -1.63. The molecule has 0 saturated heterocycles. The van der Waals surface area contributed by atoms with Crippen molar-refractivity contribution in [2.24, 2.45) is 0 Å². The predicted octanol–water partition coefficient (Wildman–Crippen LogP) is 3.98. The molecule has 2 rings (SSSR count). The smallest absolute Gasteiger partial charge is 0.0704 e. The lowest BCUT2D eigenvalue weighted by Gasteiger charge is -2.13. The Morgan fingerprint density at radius 1 is 0.875 bits per heavy atom. The van der Waals surface area contributed by atoms with Crippen molar-refractivity contribution in [3.63, 3.8) is 0 Å². The molecule has 0 N–H and O–H groups in total. The number of pyridine rings is 1. The van der Waals surface area contributed by atoms with Gasteiger partial charge in [0.2, 0.25) is 0 Å². The number of aryl methyl sites for hydroxylation is 1. The third-order valence-electron chi connectivity index (χ3n) is 3.42. The third-order valence-corrected chi connectivity index (χ3v) is 3.42. The van der Waals surface area contributed by atoms with Crippen molar-refractivity contribution in [2.75, 3.05) is 0 Å². The molecule has 82 valence electrons. The van der Waals surface area contributed by atoms with Gasteiger partial charge >= 0.3 is 0 Å². The summed E-state index contributed by atoms with van der Waals surface area (Å²) in [6.07, 6.45) is 1.85. The predicted molar refractivity (Wildman–Crippen MR) is 68.6 cm³/mol. The number of nitrogens with zero attached hydrogens (tertiary/aromatic N) is 1. The minimum atomic E-state index is 1.06. The van der Waals surface area contributed by atoms with E-state index in [2.05, 4.69) is 44.8 Å². The van der Waals surface area contributed by atoms with Crippen LogP contribution < -0.4 is 0 Å². The molecule has 1 heterocycles. The number of rotatable bonds is 1. The van der Waals surface area contributed by atoms with Gasteiger partial charge in [-0.1, -0.05) is 6.07 Å². The van der Waals surface area contributed by atoms with Gasteiger partial charge in [-0.05, 0) is 68.1 Å². The van der Waals surface area contributed by atoms with E-state index < -0.39 is 0 Å². The van der Waals surface area contributed by atoms with Gasteiger partial charge in [0.25, 0.3) is 0 Å². The van der Waals surface area contributed by atoms with E-state index in [0.29, 0.717) is 0 Å². The number of aromatic nitrogens is 1. The van der Waals surface area contributed by atoms with Crippen molar-refractivity contribution in [1.29, 1.82) is 0 Å². The molecule has 1 aromatic heterocycles. The summed E-state index contributed by atoms with van der Waals surface area (Å²) < 4.78 is 0. The van der Waals surface area contributed by atoms with Crippen LogP contribution >= 0.6 is 0 Å². The lowest BCUT2D eigenvalue weighted by Crippen LogP contribution is -1.95. The first-order valence-corrected chi connectivity index (χ1v) is 5.60. The number of benzene rings is 1. The molecule has 0 aliphatic heterocycles. The summed E-state index contributed by atoms with van der Waals surface area (Å²) in [6, 6.07) is 8.29. The third kappa shape index (κ3) is 1.73. The van der Waals surface area contributed by atoms with Gasteiger partial charge in [-0.25, -0.2) is 0 Å². The zero-order valence-corrected chi connectivity index (χ0v) is 10.3. The van der Waals surface area contributed by atoms with Gasteiger partial charge in [-0.3, -0.25) is 4.98 Å². The van der Waals surface area contributed by atoms with E-state index in [1.54, 1.807) is 0 Å². The summed E-state index contributed by atoms with van der Waals surface area (Å²) in [7, 11) is 0. The highest BCUT2D eigenvalue weighted by Crippen LogP contribution is 2.28. The van der Waals surface area contributed by atoms with Crippen molar-refractivity contribution in [3.8, 4) is 11.3 Å². The second-order valence-corrected chi connectivity index (χ2v) is 4.33.